The Kier molecular flexibility index (Phi) is 13.5. The summed E-state index contributed by atoms with van der Waals surface area (Å²) in [5, 5.41) is 0. The molecule has 256 valence electrons. The van der Waals surface area contributed by atoms with Gasteiger partial charge in [0.05, 0.1) is 0 Å². The van der Waals surface area contributed by atoms with E-state index in [2.05, 4.69) is 27.7 Å². The molecule has 3 nitrogen and oxygen atoms in total. The molecule has 0 amide bonds. The zero-order valence-electron chi connectivity index (χ0n) is 30.2. The predicted octanol–water partition coefficient (Wildman–Crippen LogP) is 12.3. The van der Waals surface area contributed by atoms with E-state index in [1.54, 1.807) is 6.08 Å². The van der Waals surface area contributed by atoms with Gasteiger partial charge in [0, 0.05) is 5.41 Å². The Labute approximate surface area is 264 Å². The fourth-order valence-corrected chi connectivity index (χ4v) is 11.4. The van der Waals surface area contributed by atoms with Crippen molar-refractivity contribution in [3.8, 4) is 0 Å². The van der Waals surface area contributed by atoms with E-state index < -0.39 is 21.0 Å². The molecule has 4 fully saturated rings. The van der Waals surface area contributed by atoms with Crippen molar-refractivity contribution in [3.05, 3.63) is 11.8 Å². The van der Waals surface area contributed by atoms with Crippen LogP contribution in [0.1, 0.15) is 161 Å². The van der Waals surface area contributed by atoms with E-state index in [4.69, 9.17) is 4.18 Å². The summed E-state index contributed by atoms with van der Waals surface area (Å²) in [7, 11) is -5.67. The van der Waals surface area contributed by atoms with E-state index >= 15 is 0 Å². The normalized spacial score (nSPS) is 40.6. The molecule has 0 spiro atoms. The minimum Gasteiger partial charge on any atom is -0.380 e. The van der Waals surface area contributed by atoms with E-state index in [-0.39, 0.29) is 27.9 Å². The molecule has 0 saturated heterocycles. The van der Waals surface area contributed by atoms with Crippen molar-refractivity contribution in [2.24, 2.45) is 50.7 Å². The van der Waals surface area contributed by atoms with E-state index in [0.717, 1.165) is 31.1 Å². The molecule has 5 rings (SSSR count). The highest BCUT2D eigenvalue weighted by Crippen LogP contribution is 2.76. The van der Waals surface area contributed by atoms with E-state index in [0.29, 0.717) is 17.8 Å². The van der Waals surface area contributed by atoms with Gasteiger partial charge in [0.2, 0.25) is 0 Å². The monoisotopic (exact) mass is 636 g/mol. The number of allylic oxidation sites excluding steroid dienone is 2. The van der Waals surface area contributed by atoms with Crippen LogP contribution in [0.25, 0.3) is 0 Å². The summed E-state index contributed by atoms with van der Waals surface area (Å²) < 4.78 is 67.8. The number of hydrogen-bond donors (Lipinski definition) is 0. The number of fused-ring (bicyclic) bond motifs is 7. The molecule has 4 saturated carbocycles. The highest BCUT2D eigenvalue weighted by molar-refractivity contribution is 7.87. The van der Waals surface area contributed by atoms with Crippen LogP contribution in [0.3, 0.4) is 0 Å². The summed E-state index contributed by atoms with van der Waals surface area (Å²) >= 11 is 0. The fourth-order valence-electron chi connectivity index (χ4n) is 10.8. The zero-order chi connectivity index (χ0) is 33.9. The van der Waals surface area contributed by atoms with Gasteiger partial charge in [-0.1, -0.05) is 103 Å². The van der Waals surface area contributed by atoms with Crippen LogP contribution in [0.5, 0.6) is 0 Å². The Balaban J connectivity index is 0.00000107. The minimum atomic E-state index is -5.67. The molecule has 0 aromatic heterocycles. The second-order valence-electron chi connectivity index (χ2n) is 14.3. The smallest absolute Gasteiger partial charge is 0.380 e. The van der Waals surface area contributed by atoms with Crippen molar-refractivity contribution in [1.29, 1.82) is 0 Å². The van der Waals surface area contributed by atoms with Crippen molar-refractivity contribution in [2.45, 2.75) is 167 Å². The summed E-state index contributed by atoms with van der Waals surface area (Å²) in [6, 6.07) is 0. The molecule has 8 atom stereocenters. The SMILES string of the molecule is CC.CC.CC.CC.CC1(C)C(OS(=O)(=O)C(F)(F)F)=CC[C@@]2(C)C1CC[C@]1(C)C2CC[C@@H]2[C@H]3CCC[C@]3(C)CC[C@]21C. The minimum absolute atomic E-state index is 0.0276. The maximum atomic E-state index is 13.1. The van der Waals surface area contributed by atoms with Crippen molar-refractivity contribution < 1.29 is 25.8 Å². The van der Waals surface area contributed by atoms with Gasteiger partial charge in [-0.2, -0.15) is 21.6 Å². The maximum absolute atomic E-state index is 13.1. The Bertz CT molecular complexity index is 1030. The third-order valence-corrected chi connectivity index (χ3v) is 13.7. The van der Waals surface area contributed by atoms with Crippen LogP contribution in [0.4, 0.5) is 13.2 Å². The topological polar surface area (TPSA) is 43.4 Å². The molecule has 2 unspecified atom stereocenters. The molecule has 5 aliphatic carbocycles. The van der Waals surface area contributed by atoms with Crippen molar-refractivity contribution >= 4 is 10.1 Å². The van der Waals surface area contributed by atoms with Gasteiger partial charge in [-0.25, -0.2) is 0 Å². The molecule has 43 heavy (non-hydrogen) atoms. The van der Waals surface area contributed by atoms with Crippen LogP contribution in [-0.2, 0) is 14.3 Å². The summed E-state index contributed by atoms with van der Waals surface area (Å²) in [5.41, 5.74) is -5.32. The zero-order valence-corrected chi connectivity index (χ0v) is 31.0. The first kappa shape index (κ1) is 40.3. The number of halogens is 3. The Morgan fingerprint density at radius 2 is 1.26 bits per heavy atom. The van der Waals surface area contributed by atoms with Crippen LogP contribution >= 0.6 is 0 Å². The largest absolute Gasteiger partial charge is 0.534 e. The lowest BCUT2D eigenvalue weighted by atomic mass is 9.33. The van der Waals surface area contributed by atoms with Crippen molar-refractivity contribution in [3.63, 3.8) is 0 Å². The Morgan fingerprint density at radius 1 is 0.698 bits per heavy atom. The molecule has 0 aliphatic heterocycles. The Morgan fingerprint density at radius 3 is 1.79 bits per heavy atom. The van der Waals surface area contributed by atoms with Gasteiger partial charge in [0.15, 0.2) is 0 Å². The first-order chi connectivity index (χ1) is 19.9. The number of rotatable bonds is 2. The van der Waals surface area contributed by atoms with Crippen LogP contribution in [0.15, 0.2) is 11.8 Å². The number of alkyl halides is 3. The average Bonchev–Trinajstić information content (AvgIpc) is 3.36. The molecular weight excluding hydrogens is 569 g/mol. The van der Waals surface area contributed by atoms with Gasteiger partial charge in [-0.3, -0.25) is 0 Å². The van der Waals surface area contributed by atoms with E-state index in [1.807, 2.05) is 69.2 Å². The third kappa shape index (κ3) is 6.46. The molecule has 0 bridgehead atoms. The summed E-state index contributed by atoms with van der Waals surface area (Å²) in [6.45, 7) is 29.7. The predicted molar refractivity (Wildman–Crippen MR) is 176 cm³/mol. The second-order valence-corrected chi connectivity index (χ2v) is 15.8. The first-order valence-corrected chi connectivity index (χ1v) is 19.0. The summed E-state index contributed by atoms with van der Waals surface area (Å²) in [5.74, 6) is 2.10. The molecule has 0 heterocycles. The van der Waals surface area contributed by atoms with Crippen molar-refractivity contribution in [2.75, 3.05) is 0 Å². The van der Waals surface area contributed by atoms with Crippen LogP contribution in [0.2, 0.25) is 0 Å². The summed E-state index contributed by atoms with van der Waals surface area (Å²) in [4.78, 5) is 0. The maximum Gasteiger partial charge on any atom is 0.534 e. The van der Waals surface area contributed by atoms with Crippen molar-refractivity contribution in [1.82, 2.24) is 0 Å². The highest BCUT2D eigenvalue weighted by Gasteiger charge is 2.69. The quantitative estimate of drug-likeness (QED) is 0.224. The second kappa shape index (κ2) is 14.4. The molecule has 0 N–H and O–H groups in total. The fraction of sp³-hybridized carbons (Fsp3) is 0.944. The molecule has 0 aromatic carbocycles. The average molecular weight is 637 g/mol. The van der Waals surface area contributed by atoms with Gasteiger partial charge in [0.1, 0.15) is 5.76 Å². The lowest BCUT2D eigenvalue weighted by Gasteiger charge is -2.72. The van der Waals surface area contributed by atoms with Gasteiger partial charge in [-0.05, 0) is 109 Å². The molecule has 7 heteroatoms. The Hall–Kier alpha value is -0.720. The molecule has 5 aliphatic rings. The molecular formula is C36H67F3O3S. The summed E-state index contributed by atoms with van der Waals surface area (Å²) in [6.07, 6.45) is 13.3. The van der Waals surface area contributed by atoms with Gasteiger partial charge < -0.3 is 4.18 Å². The lowest BCUT2D eigenvalue weighted by Crippen LogP contribution is -2.64. The third-order valence-electron chi connectivity index (χ3n) is 12.8. The first-order valence-electron chi connectivity index (χ1n) is 17.6. The van der Waals surface area contributed by atoms with Crippen LogP contribution < -0.4 is 0 Å². The van der Waals surface area contributed by atoms with Crippen LogP contribution in [-0.4, -0.2) is 13.9 Å². The lowest BCUT2D eigenvalue weighted by molar-refractivity contribution is -0.224. The number of hydrogen-bond acceptors (Lipinski definition) is 3. The van der Waals surface area contributed by atoms with E-state index in [1.165, 1.54) is 38.5 Å². The van der Waals surface area contributed by atoms with Gasteiger partial charge >= 0.3 is 15.6 Å². The molecule has 0 radical (unpaired) electrons. The highest BCUT2D eigenvalue weighted by atomic mass is 32.2. The molecule has 0 aromatic rings. The van der Waals surface area contributed by atoms with Crippen LogP contribution in [0, 0.1) is 50.7 Å². The van der Waals surface area contributed by atoms with E-state index in [9.17, 15) is 21.6 Å². The van der Waals surface area contributed by atoms with Gasteiger partial charge in [0.25, 0.3) is 0 Å². The van der Waals surface area contributed by atoms with Gasteiger partial charge in [-0.15, -0.1) is 0 Å². The standard InChI is InChI=1S/C28H43F3O3S.4C2H6/c1-23(2)20-11-15-27(6)21(25(20,4)14-12-22(23)34-35(32,33)28(29,30)31)10-9-19-18-8-7-13-24(18,3)16-17-26(19,27)5;4*1-2/h12,18-21H,7-11,13-17H2,1-6H3;4*1-2H3/t18-,19-,20?,21?,24-,25+,26-,27-;;;;/m1..../s1.